The summed E-state index contributed by atoms with van der Waals surface area (Å²) in [4.78, 5) is 28.9. The van der Waals surface area contributed by atoms with Crippen LogP contribution in [-0.2, 0) is 11.2 Å². The van der Waals surface area contributed by atoms with Gasteiger partial charge in [-0.3, -0.25) is 9.59 Å². The highest BCUT2D eigenvalue weighted by molar-refractivity contribution is 6.33. The van der Waals surface area contributed by atoms with Crippen LogP contribution in [0.1, 0.15) is 29.8 Å². The van der Waals surface area contributed by atoms with E-state index in [9.17, 15) is 9.59 Å². The van der Waals surface area contributed by atoms with Crippen molar-refractivity contribution >= 4 is 29.1 Å². The van der Waals surface area contributed by atoms with E-state index in [-0.39, 0.29) is 11.8 Å². The molecule has 0 radical (unpaired) electrons. The first-order chi connectivity index (χ1) is 12.0. The lowest BCUT2D eigenvalue weighted by atomic mass is 10.1. The van der Waals surface area contributed by atoms with Crippen molar-refractivity contribution in [2.75, 3.05) is 18.0 Å². The number of halogens is 1. The molecule has 130 valence electrons. The number of benzene rings is 2. The van der Waals surface area contributed by atoms with Crippen LogP contribution >= 0.6 is 11.6 Å². The predicted molar refractivity (Wildman–Crippen MR) is 100 cm³/mol. The van der Waals surface area contributed by atoms with E-state index >= 15 is 0 Å². The molecule has 0 spiro atoms. The number of hydrogen-bond acceptors (Lipinski definition) is 2. The Hall–Kier alpha value is -2.33. The van der Waals surface area contributed by atoms with Crippen molar-refractivity contribution < 1.29 is 9.59 Å². The number of carbonyl (C=O) groups is 2. The van der Waals surface area contributed by atoms with Gasteiger partial charge in [0.1, 0.15) is 6.04 Å². The fraction of sp³-hybridized carbons (Fsp3) is 0.300. The van der Waals surface area contributed by atoms with Gasteiger partial charge in [-0.05, 0) is 43.2 Å². The Labute approximate surface area is 153 Å². The first-order valence-electron chi connectivity index (χ1n) is 8.48. The van der Waals surface area contributed by atoms with Gasteiger partial charge in [-0.15, -0.1) is 0 Å². The minimum atomic E-state index is -0.525. The molecule has 0 bridgehead atoms. The van der Waals surface area contributed by atoms with E-state index in [0.29, 0.717) is 23.7 Å². The third-order valence-corrected chi connectivity index (χ3v) is 5.01. The Morgan fingerprint density at radius 3 is 2.44 bits per heavy atom. The molecule has 0 unspecified atom stereocenters. The highest BCUT2D eigenvalue weighted by Gasteiger charge is 2.35. The van der Waals surface area contributed by atoms with E-state index in [1.54, 1.807) is 41.0 Å². The van der Waals surface area contributed by atoms with Crippen LogP contribution in [0.4, 0.5) is 5.69 Å². The molecule has 0 saturated carbocycles. The Kier molecular flexibility index (Phi) is 5.09. The van der Waals surface area contributed by atoms with Crippen LogP contribution in [-0.4, -0.2) is 35.8 Å². The average Bonchev–Trinajstić information content (AvgIpc) is 2.64. The number of piperazine rings is 1. The molecule has 0 aliphatic carbocycles. The van der Waals surface area contributed by atoms with Crippen LogP contribution in [0.5, 0.6) is 0 Å². The molecule has 4 nitrogen and oxygen atoms in total. The summed E-state index contributed by atoms with van der Waals surface area (Å²) in [7, 11) is 0. The molecule has 1 saturated heterocycles. The van der Waals surface area contributed by atoms with E-state index in [4.69, 9.17) is 11.6 Å². The molecule has 5 heteroatoms. The molecule has 2 amide bonds. The van der Waals surface area contributed by atoms with E-state index in [1.807, 2.05) is 24.3 Å². The third-order valence-electron chi connectivity index (χ3n) is 4.68. The van der Waals surface area contributed by atoms with Gasteiger partial charge >= 0.3 is 0 Å². The van der Waals surface area contributed by atoms with E-state index in [1.165, 1.54) is 5.56 Å². The van der Waals surface area contributed by atoms with Gasteiger partial charge in [0.15, 0.2) is 0 Å². The number of hydrogen-bond donors (Lipinski definition) is 0. The summed E-state index contributed by atoms with van der Waals surface area (Å²) < 4.78 is 0. The van der Waals surface area contributed by atoms with Gasteiger partial charge in [-0.2, -0.15) is 0 Å². The average molecular weight is 357 g/mol. The molecule has 1 aliphatic heterocycles. The number of carbonyl (C=O) groups excluding carboxylic acids is 2. The number of anilines is 1. The van der Waals surface area contributed by atoms with Crippen molar-refractivity contribution in [2.24, 2.45) is 0 Å². The highest BCUT2D eigenvalue weighted by atomic mass is 35.5. The quantitative estimate of drug-likeness (QED) is 0.839. The molecule has 1 fully saturated rings. The normalized spacial score (nSPS) is 17.7. The van der Waals surface area contributed by atoms with Crippen LogP contribution in [0.25, 0.3) is 0 Å². The lowest BCUT2D eigenvalue weighted by Gasteiger charge is -2.39. The lowest BCUT2D eigenvalue weighted by Crippen LogP contribution is -2.57. The maximum atomic E-state index is 12.8. The lowest BCUT2D eigenvalue weighted by molar-refractivity contribution is -0.124. The van der Waals surface area contributed by atoms with Crippen LogP contribution in [0.3, 0.4) is 0 Å². The van der Waals surface area contributed by atoms with Gasteiger partial charge in [0.25, 0.3) is 5.91 Å². The fourth-order valence-corrected chi connectivity index (χ4v) is 3.32. The summed E-state index contributed by atoms with van der Waals surface area (Å²) in [6.07, 6.45) is 0.963. The first kappa shape index (κ1) is 17.5. The SMILES string of the molecule is CCc1ccc(N2CCN(C(=O)c3ccccc3Cl)[C@@H](C)C2=O)cc1. The second-order valence-corrected chi connectivity index (χ2v) is 6.57. The zero-order chi connectivity index (χ0) is 18.0. The van der Waals surface area contributed by atoms with Crippen molar-refractivity contribution in [3.63, 3.8) is 0 Å². The number of aryl methyl sites for hydroxylation is 1. The summed E-state index contributed by atoms with van der Waals surface area (Å²) >= 11 is 6.13. The Morgan fingerprint density at radius 1 is 1.12 bits per heavy atom. The zero-order valence-electron chi connectivity index (χ0n) is 14.4. The molecule has 2 aromatic rings. The molecule has 0 N–H and O–H groups in total. The van der Waals surface area contributed by atoms with Crippen LogP contribution in [0.2, 0.25) is 5.02 Å². The van der Waals surface area contributed by atoms with Gasteiger partial charge in [-0.25, -0.2) is 0 Å². The maximum Gasteiger partial charge on any atom is 0.256 e. The highest BCUT2D eigenvalue weighted by Crippen LogP contribution is 2.24. The number of nitrogens with zero attached hydrogens (tertiary/aromatic N) is 2. The molecule has 1 atom stereocenters. The molecule has 0 aromatic heterocycles. The van der Waals surface area contributed by atoms with Crippen LogP contribution in [0, 0.1) is 0 Å². The Morgan fingerprint density at radius 2 is 1.80 bits per heavy atom. The van der Waals surface area contributed by atoms with Crippen molar-refractivity contribution in [1.29, 1.82) is 0 Å². The van der Waals surface area contributed by atoms with Crippen molar-refractivity contribution in [3.05, 3.63) is 64.7 Å². The minimum Gasteiger partial charge on any atom is -0.325 e. The fourth-order valence-electron chi connectivity index (χ4n) is 3.11. The van der Waals surface area contributed by atoms with E-state index in [0.717, 1.165) is 12.1 Å². The summed E-state index contributed by atoms with van der Waals surface area (Å²) in [5, 5.41) is 0.407. The zero-order valence-corrected chi connectivity index (χ0v) is 15.2. The largest absolute Gasteiger partial charge is 0.325 e. The van der Waals surface area contributed by atoms with Gasteiger partial charge in [0.05, 0.1) is 10.6 Å². The monoisotopic (exact) mass is 356 g/mol. The maximum absolute atomic E-state index is 12.8. The van der Waals surface area contributed by atoms with Crippen LogP contribution < -0.4 is 4.90 Å². The predicted octanol–water partition coefficient (Wildman–Crippen LogP) is 3.78. The first-order valence-corrected chi connectivity index (χ1v) is 8.86. The molecule has 25 heavy (non-hydrogen) atoms. The summed E-state index contributed by atoms with van der Waals surface area (Å²) in [5.41, 5.74) is 2.54. The summed E-state index contributed by atoms with van der Waals surface area (Å²) in [6, 6.07) is 14.4. The molecule has 2 aromatic carbocycles. The third kappa shape index (κ3) is 3.40. The van der Waals surface area contributed by atoms with Gasteiger partial charge < -0.3 is 9.80 Å². The van der Waals surface area contributed by atoms with Crippen molar-refractivity contribution in [2.45, 2.75) is 26.3 Å². The standard InChI is InChI=1S/C20H21ClN2O2/c1-3-15-8-10-16(11-9-15)23-13-12-22(14(2)19(23)24)20(25)17-6-4-5-7-18(17)21/h4-11,14H,3,12-13H2,1-2H3/t14-/m0/s1. The van der Waals surface area contributed by atoms with Gasteiger partial charge in [0, 0.05) is 18.8 Å². The second-order valence-electron chi connectivity index (χ2n) is 6.16. The molecular weight excluding hydrogens is 336 g/mol. The Balaban J connectivity index is 1.79. The topological polar surface area (TPSA) is 40.6 Å². The second kappa shape index (κ2) is 7.28. The molecule has 3 rings (SSSR count). The Bertz CT molecular complexity index is 789. The number of rotatable bonds is 3. The van der Waals surface area contributed by atoms with Gasteiger partial charge in [0.2, 0.25) is 5.91 Å². The molecule has 1 heterocycles. The minimum absolute atomic E-state index is 0.0732. The van der Waals surface area contributed by atoms with Gasteiger partial charge in [-0.1, -0.05) is 42.8 Å². The summed E-state index contributed by atoms with van der Waals surface area (Å²) in [5.74, 6) is -0.275. The molecule has 1 aliphatic rings. The van der Waals surface area contributed by atoms with Crippen molar-refractivity contribution in [3.8, 4) is 0 Å². The van der Waals surface area contributed by atoms with E-state index in [2.05, 4.69) is 6.92 Å². The summed E-state index contributed by atoms with van der Waals surface area (Å²) in [6.45, 7) is 4.82. The van der Waals surface area contributed by atoms with Crippen LogP contribution in [0.15, 0.2) is 48.5 Å². The molecular formula is C20H21ClN2O2. The van der Waals surface area contributed by atoms with E-state index < -0.39 is 6.04 Å². The van der Waals surface area contributed by atoms with Crippen molar-refractivity contribution in [1.82, 2.24) is 4.90 Å². The number of amides is 2. The smallest absolute Gasteiger partial charge is 0.256 e.